The fourth-order valence-corrected chi connectivity index (χ4v) is 4.90. The van der Waals surface area contributed by atoms with Crippen molar-refractivity contribution in [2.24, 2.45) is 0 Å². The summed E-state index contributed by atoms with van der Waals surface area (Å²) in [5, 5.41) is 9.88. The number of amides is 2. The summed E-state index contributed by atoms with van der Waals surface area (Å²) >= 11 is 0. The van der Waals surface area contributed by atoms with Crippen LogP contribution in [0.15, 0.2) is 18.2 Å². The number of hydrogen-bond acceptors (Lipinski definition) is 5. The summed E-state index contributed by atoms with van der Waals surface area (Å²) in [5.41, 5.74) is 0.924. The number of aryl methyl sites for hydroxylation is 1. The highest BCUT2D eigenvalue weighted by molar-refractivity contribution is 6.00. The first kappa shape index (κ1) is 20.8. The molecule has 3 atom stereocenters. The molecule has 0 aromatic heterocycles. The quantitative estimate of drug-likeness (QED) is 0.801. The van der Waals surface area contributed by atoms with E-state index < -0.39 is 17.7 Å². The Morgan fingerprint density at radius 1 is 1.27 bits per heavy atom. The number of nitrogens with zero attached hydrogens (tertiary/aromatic N) is 2. The maximum atomic E-state index is 13.0. The van der Waals surface area contributed by atoms with Gasteiger partial charge in [-0.2, -0.15) is 0 Å². The van der Waals surface area contributed by atoms with Crippen LogP contribution < -0.4 is 4.74 Å². The van der Waals surface area contributed by atoms with Crippen molar-refractivity contribution in [1.82, 2.24) is 9.80 Å². The van der Waals surface area contributed by atoms with Gasteiger partial charge in [-0.1, -0.05) is 11.6 Å². The smallest absolute Gasteiger partial charge is 0.245 e. The number of fused-ring (bicyclic) bond motifs is 1. The molecule has 0 saturated carbocycles. The second-order valence-electron chi connectivity index (χ2n) is 8.98. The van der Waals surface area contributed by atoms with Crippen LogP contribution in [-0.2, 0) is 9.59 Å². The first-order valence-electron chi connectivity index (χ1n) is 10.9. The number of β-amino-alcohol motifs (C(OH)–C–C–N with tert-alkyl or cyclic N) is 1. The van der Waals surface area contributed by atoms with Gasteiger partial charge in [-0.3, -0.25) is 14.4 Å². The molecule has 0 radical (unpaired) electrons. The zero-order valence-corrected chi connectivity index (χ0v) is 17.7. The summed E-state index contributed by atoms with van der Waals surface area (Å²) in [4.78, 5) is 41.9. The molecular formula is C23H30N2O5. The Balaban J connectivity index is 1.48. The molecule has 3 unspecified atom stereocenters. The van der Waals surface area contributed by atoms with Gasteiger partial charge in [0.2, 0.25) is 11.8 Å². The van der Waals surface area contributed by atoms with Crippen LogP contribution in [0.3, 0.4) is 0 Å². The van der Waals surface area contributed by atoms with Crippen LogP contribution in [0.25, 0.3) is 0 Å². The Bertz CT molecular complexity index is 869. The normalized spacial score (nSPS) is 28.0. The highest BCUT2D eigenvalue weighted by Crippen LogP contribution is 2.40. The number of rotatable bonds is 2. The van der Waals surface area contributed by atoms with Gasteiger partial charge in [-0.05, 0) is 45.2 Å². The standard InChI is InChI=1S/C23H30N2O5/c1-15-5-6-20-18(12-15)19(27)13-23(30-20)8-7-21(28)25(11-9-23)16(2)22(29)24-10-3-4-17(26)14-24/h5-6,12,16-17,26H,3-4,7-11,13-14H2,1-2H3. The summed E-state index contributed by atoms with van der Waals surface area (Å²) in [6.07, 6.45) is 2.45. The molecule has 1 N–H and O–H groups in total. The molecular weight excluding hydrogens is 384 g/mol. The number of carbonyl (C=O) groups excluding carboxylic acids is 3. The van der Waals surface area contributed by atoms with Crippen LogP contribution in [0.1, 0.15) is 61.4 Å². The van der Waals surface area contributed by atoms with E-state index in [2.05, 4.69) is 0 Å². The third-order valence-electron chi connectivity index (χ3n) is 6.70. The van der Waals surface area contributed by atoms with E-state index in [1.807, 2.05) is 25.1 Å². The molecule has 0 aliphatic carbocycles. The lowest BCUT2D eigenvalue weighted by Gasteiger charge is -2.38. The topological polar surface area (TPSA) is 87.2 Å². The summed E-state index contributed by atoms with van der Waals surface area (Å²) < 4.78 is 6.30. The Kier molecular flexibility index (Phi) is 5.57. The third-order valence-corrected chi connectivity index (χ3v) is 6.70. The molecule has 0 bridgehead atoms. The van der Waals surface area contributed by atoms with Crippen LogP contribution in [-0.4, -0.2) is 69.9 Å². The molecule has 7 heteroatoms. The summed E-state index contributed by atoms with van der Waals surface area (Å²) in [6.45, 7) is 5.00. The molecule has 2 fully saturated rings. The van der Waals surface area contributed by atoms with Gasteiger partial charge in [0.1, 0.15) is 17.4 Å². The molecule has 3 heterocycles. The molecule has 3 aliphatic rings. The number of ether oxygens (including phenoxy) is 1. The van der Waals surface area contributed by atoms with Crippen LogP contribution in [0.5, 0.6) is 5.75 Å². The number of piperidine rings is 1. The fraction of sp³-hybridized carbons (Fsp3) is 0.609. The van der Waals surface area contributed by atoms with Gasteiger partial charge >= 0.3 is 0 Å². The molecule has 1 spiro atoms. The number of likely N-dealkylation sites (tertiary alicyclic amines) is 2. The van der Waals surface area contributed by atoms with Crippen molar-refractivity contribution in [2.75, 3.05) is 19.6 Å². The number of hydrogen-bond donors (Lipinski definition) is 1. The zero-order chi connectivity index (χ0) is 21.5. The van der Waals surface area contributed by atoms with E-state index in [4.69, 9.17) is 4.74 Å². The predicted octanol–water partition coefficient (Wildman–Crippen LogP) is 2.08. The maximum Gasteiger partial charge on any atom is 0.245 e. The van der Waals surface area contributed by atoms with E-state index in [-0.39, 0.29) is 30.4 Å². The number of aliphatic hydroxyl groups is 1. The maximum absolute atomic E-state index is 13.0. The van der Waals surface area contributed by atoms with E-state index >= 15 is 0 Å². The number of Topliss-reactive ketones (excluding diaryl/α,β-unsaturated/α-hetero) is 1. The minimum atomic E-state index is -0.701. The van der Waals surface area contributed by atoms with E-state index in [0.717, 1.165) is 12.0 Å². The molecule has 30 heavy (non-hydrogen) atoms. The van der Waals surface area contributed by atoms with Crippen molar-refractivity contribution in [3.8, 4) is 5.75 Å². The Morgan fingerprint density at radius 2 is 2.07 bits per heavy atom. The summed E-state index contributed by atoms with van der Waals surface area (Å²) in [6, 6.07) is 5.02. The Labute approximate surface area is 177 Å². The number of ketones is 1. The van der Waals surface area contributed by atoms with Crippen molar-refractivity contribution >= 4 is 17.6 Å². The monoisotopic (exact) mass is 414 g/mol. The Morgan fingerprint density at radius 3 is 2.83 bits per heavy atom. The van der Waals surface area contributed by atoms with Crippen LogP contribution >= 0.6 is 0 Å². The lowest BCUT2D eigenvalue weighted by molar-refractivity contribution is -0.146. The molecule has 2 saturated heterocycles. The van der Waals surface area contributed by atoms with Gasteiger partial charge in [-0.25, -0.2) is 0 Å². The molecule has 7 nitrogen and oxygen atoms in total. The average molecular weight is 415 g/mol. The predicted molar refractivity (Wildman–Crippen MR) is 110 cm³/mol. The number of carbonyl (C=O) groups is 3. The van der Waals surface area contributed by atoms with E-state index in [1.165, 1.54) is 0 Å². The molecule has 162 valence electrons. The lowest BCUT2D eigenvalue weighted by Crippen LogP contribution is -2.52. The number of aliphatic hydroxyl groups excluding tert-OH is 1. The van der Waals surface area contributed by atoms with Gasteiger partial charge in [-0.15, -0.1) is 0 Å². The van der Waals surface area contributed by atoms with Gasteiger partial charge in [0.15, 0.2) is 5.78 Å². The van der Waals surface area contributed by atoms with Crippen molar-refractivity contribution < 1.29 is 24.2 Å². The minimum absolute atomic E-state index is 0.0484. The van der Waals surface area contributed by atoms with Crippen molar-refractivity contribution in [3.05, 3.63) is 29.3 Å². The SMILES string of the molecule is Cc1ccc2c(c1)C(=O)CC1(CCC(=O)N(C(C)C(=O)N3CCCC(O)C3)CC1)O2. The second-order valence-corrected chi connectivity index (χ2v) is 8.98. The highest BCUT2D eigenvalue weighted by atomic mass is 16.5. The lowest BCUT2D eigenvalue weighted by atomic mass is 9.84. The molecule has 2 amide bonds. The zero-order valence-electron chi connectivity index (χ0n) is 17.7. The molecule has 1 aromatic carbocycles. The van der Waals surface area contributed by atoms with Crippen LogP contribution in [0, 0.1) is 6.92 Å². The summed E-state index contributed by atoms with van der Waals surface area (Å²) in [7, 11) is 0. The van der Waals surface area contributed by atoms with Crippen molar-refractivity contribution in [1.29, 1.82) is 0 Å². The van der Waals surface area contributed by atoms with Crippen molar-refractivity contribution in [2.45, 2.75) is 70.1 Å². The first-order valence-corrected chi connectivity index (χ1v) is 10.9. The minimum Gasteiger partial charge on any atom is -0.486 e. The average Bonchev–Trinajstić information content (AvgIpc) is 2.87. The van der Waals surface area contributed by atoms with E-state index in [9.17, 15) is 19.5 Å². The van der Waals surface area contributed by atoms with Crippen molar-refractivity contribution in [3.63, 3.8) is 0 Å². The third kappa shape index (κ3) is 3.95. The molecule has 1 aromatic rings. The van der Waals surface area contributed by atoms with Gasteiger partial charge < -0.3 is 19.6 Å². The van der Waals surface area contributed by atoms with Gasteiger partial charge in [0.05, 0.1) is 18.1 Å². The highest BCUT2D eigenvalue weighted by Gasteiger charge is 2.44. The molecule has 3 aliphatic heterocycles. The van der Waals surface area contributed by atoms with E-state index in [1.54, 1.807) is 16.7 Å². The fourth-order valence-electron chi connectivity index (χ4n) is 4.90. The second kappa shape index (κ2) is 8.02. The Hall–Kier alpha value is -2.41. The molecule has 4 rings (SSSR count). The largest absolute Gasteiger partial charge is 0.486 e. The van der Waals surface area contributed by atoms with E-state index in [0.29, 0.717) is 50.2 Å². The first-order chi connectivity index (χ1) is 14.3. The summed E-state index contributed by atoms with van der Waals surface area (Å²) in [5.74, 6) is 0.423. The van der Waals surface area contributed by atoms with Gasteiger partial charge in [0, 0.05) is 32.5 Å². The van der Waals surface area contributed by atoms with Crippen LogP contribution in [0.2, 0.25) is 0 Å². The van der Waals surface area contributed by atoms with Crippen LogP contribution in [0.4, 0.5) is 0 Å². The van der Waals surface area contributed by atoms with Gasteiger partial charge in [0.25, 0.3) is 0 Å². The number of benzene rings is 1.